The molecular weight excluding hydrogens is 278 g/mol. The molecule has 0 saturated heterocycles. The van der Waals surface area contributed by atoms with Crippen LogP contribution in [-0.2, 0) is 11.2 Å². The van der Waals surface area contributed by atoms with Crippen LogP contribution in [0.5, 0.6) is 0 Å². The average Bonchev–Trinajstić information content (AvgIpc) is 3.18. The zero-order valence-corrected chi connectivity index (χ0v) is 12.8. The van der Waals surface area contributed by atoms with Crippen LogP contribution in [0.3, 0.4) is 0 Å². The third-order valence-corrected chi connectivity index (χ3v) is 3.97. The third kappa shape index (κ3) is 2.62. The van der Waals surface area contributed by atoms with Gasteiger partial charge in [0.05, 0.1) is 19.1 Å². The molecule has 5 heteroatoms. The van der Waals surface area contributed by atoms with Gasteiger partial charge in [0.25, 0.3) is 0 Å². The number of methoxy groups -OCH3 is 1. The second kappa shape index (κ2) is 6.05. The Morgan fingerprint density at radius 1 is 1.45 bits per heavy atom. The molecule has 1 heterocycles. The molecule has 1 aromatic carbocycles. The molecule has 1 aliphatic carbocycles. The van der Waals surface area contributed by atoms with Crippen LogP contribution in [0.1, 0.15) is 30.2 Å². The van der Waals surface area contributed by atoms with Gasteiger partial charge in [-0.05, 0) is 54.7 Å². The summed E-state index contributed by atoms with van der Waals surface area (Å²) in [5.74, 6) is 0. The Hall–Kier alpha value is -2.56. The first kappa shape index (κ1) is 14.4. The Kier molecular flexibility index (Phi) is 3.96. The van der Waals surface area contributed by atoms with Crippen molar-refractivity contribution < 1.29 is 9.53 Å². The lowest BCUT2D eigenvalue weighted by atomic mass is 10.1. The number of hydrogen-bond acceptors (Lipinski definition) is 3. The molecule has 1 aromatic heterocycles. The molecule has 0 unspecified atom stereocenters. The second-order valence-electron chi connectivity index (χ2n) is 5.22. The van der Waals surface area contributed by atoms with E-state index in [0.717, 1.165) is 24.2 Å². The van der Waals surface area contributed by atoms with E-state index in [4.69, 9.17) is 4.74 Å². The van der Waals surface area contributed by atoms with E-state index in [1.54, 1.807) is 11.2 Å². The molecule has 1 aliphatic rings. The van der Waals surface area contributed by atoms with Crippen LogP contribution >= 0.6 is 0 Å². The number of ether oxygens (including phenoxy) is 1. The van der Waals surface area contributed by atoms with E-state index in [9.17, 15) is 4.79 Å². The molecule has 0 bridgehead atoms. The van der Waals surface area contributed by atoms with Crippen molar-refractivity contribution in [1.29, 1.82) is 0 Å². The number of allylic oxidation sites excluding steroid dienone is 1. The number of benzene rings is 1. The van der Waals surface area contributed by atoms with Gasteiger partial charge in [-0.25, -0.2) is 9.78 Å². The highest BCUT2D eigenvalue weighted by molar-refractivity contribution is 5.91. The van der Waals surface area contributed by atoms with Crippen molar-refractivity contribution in [2.75, 3.05) is 18.6 Å². The number of nitrogens with one attached hydrogen (secondary N) is 1. The third-order valence-electron chi connectivity index (χ3n) is 3.97. The number of aromatic nitrogens is 2. The van der Waals surface area contributed by atoms with Crippen LogP contribution in [0, 0.1) is 0 Å². The number of H-pyrrole nitrogens is 1. The van der Waals surface area contributed by atoms with Crippen molar-refractivity contribution in [1.82, 2.24) is 9.97 Å². The van der Waals surface area contributed by atoms with Crippen LogP contribution in [0.2, 0.25) is 0 Å². The van der Waals surface area contributed by atoms with Crippen molar-refractivity contribution in [3.05, 3.63) is 47.5 Å². The van der Waals surface area contributed by atoms with Gasteiger partial charge >= 0.3 is 6.09 Å². The van der Waals surface area contributed by atoms with Crippen molar-refractivity contribution >= 4 is 23.4 Å². The van der Waals surface area contributed by atoms with E-state index in [1.165, 1.54) is 23.8 Å². The highest BCUT2D eigenvalue weighted by atomic mass is 16.5. The van der Waals surface area contributed by atoms with Gasteiger partial charge in [0.1, 0.15) is 0 Å². The summed E-state index contributed by atoms with van der Waals surface area (Å²) in [6.45, 7) is 2.51. The Morgan fingerprint density at radius 2 is 2.32 bits per heavy atom. The van der Waals surface area contributed by atoms with Crippen molar-refractivity contribution in [2.45, 2.75) is 19.8 Å². The Balaban J connectivity index is 1.97. The molecule has 0 spiro atoms. The second-order valence-corrected chi connectivity index (χ2v) is 5.22. The smallest absolute Gasteiger partial charge is 0.413 e. The molecule has 1 amide bonds. The molecule has 114 valence electrons. The molecular formula is C17H19N3O2. The summed E-state index contributed by atoms with van der Waals surface area (Å²) >= 11 is 0. The number of aryl methyl sites for hydroxylation is 1. The lowest BCUT2D eigenvalue weighted by Crippen LogP contribution is -2.30. The maximum absolute atomic E-state index is 11.9. The van der Waals surface area contributed by atoms with E-state index in [1.807, 2.05) is 19.2 Å². The zero-order valence-electron chi connectivity index (χ0n) is 12.8. The van der Waals surface area contributed by atoms with Crippen LogP contribution in [0.25, 0.3) is 11.6 Å². The normalized spacial score (nSPS) is 14.9. The van der Waals surface area contributed by atoms with Gasteiger partial charge in [0, 0.05) is 18.4 Å². The number of imidazole rings is 1. The first-order valence-corrected chi connectivity index (χ1v) is 7.41. The van der Waals surface area contributed by atoms with E-state index in [-0.39, 0.29) is 6.09 Å². The van der Waals surface area contributed by atoms with Gasteiger partial charge in [-0.1, -0.05) is 6.07 Å². The lowest BCUT2D eigenvalue weighted by molar-refractivity contribution is 0.179. The fourth-order valence-electron chi connectivity index (χ4n) is 2.86. The number of hydrogen-bond donors (Lipinski definition) is 1. The Morgan fingerprint density at radius 3 is 3.00 bits per heavy atom. The molecule has 3 rings (SSSR count). The number of carbonyl (C=O) groups is 1. The number of carbonyl (C=O) groups excluding carboxylic acids is 1. The van der Waals surface area contributed by atoms with Crippen molar-refractivity contribution in [2.24, 2.45) is 0 Å². The predicted molar refractivity (Wildman–Crippen MR) is 86.6 cm³/mol. The Labute approximate surface area is 129 Å². The minimum absolute atomic E-state index is 0.335. The van der Waals surface area contributed by atoms with Gasteiger partial charge in [-0.15, -0.1) is 0 Å². The minimum Gasteiger partial charge on any atom is -0.452 e. The maximum Gasteiger partial charge on any atom is 0.413 e. The van der Waals surface area contributed by atoms with Crippen molar-refractivity contribution in [3.63, 3.8) is 0 Å². The topological polar surface area (TPSA) is 58.2 Å². The highest BCUT2D eigenvalue weighted by Crippen LogP contribution is 2.36. The number of rotatable bonds is 3. The number of nitrogens with zero attached hydrogens (tertiary/aromatic N) is 2. The molecule has 0 fully saturated rings. The monoisotopic (exact) mass is 297 g/mol. The number of aromatic amines is 1. The number of amides is 1. The Bertz CT molecular complexity index is 705. The van der Waals surface area contributed by atoms with E-state index in [2.05, 4.69) is 28.2 Å². The summed E-state index contributed by atoms with van der Waals surface area (Å²) in [6, 6.07) is 6.15. The zero-order chi connectivity index (χ0) is 15.5. The fourth-order valence-corrected chi connectivity index (χ4v) is 2.86. The van der Waals surface area contributed by atoms with E-state index < -0.39 is 0 Å². The van der Waals surface area contributed by atoms with E-state index >= 15 is 0 Å². The number of anilines is 1. The SMILES string of the molecule is CCN(C(=O)OC)c1ccc2c(c1)/C(=C/c1c[nH]cn1)CC2. The standard InChI is InChI=1S/C17H19N3O2/c1-3-20(17(21)22-2)15-7-6-12-4-5-13(16(12)9-15)8-14-10-18-11-19-14/h6-11H,3-5H2,1-2H3,(H,18,19)/b13-8+. The maximum atomic E-state index is 11.9. The minimum atomic E-state index is -0.335. The molecule has 2 aromatic rings. The molecule has 22 heavy (non-hydrogen) atoms. The largest absolute Gasteiger partial charge is 0.452 e. The first-order chi connectivity index (χ1) is 10.7. The van der Waals surface area contributed by atoms with Crippen LogP contribution in [-0.4, -0.2) is 29.7 Å². The van der Waals surface area contributed by atoms with Crippen LogP contribution < -0.4 is 4.90 Å². The summed E-state index contributed by atoms with van der Waals surface area (Å²) in [5.41, 5.74) is 5.55. The van der Waals surface area contributed by atoms with Crippen LogP contribution in [0.4, 0.5) is 10.5 Å². The molecule has 1 N–H and O–H groups in total. The lowest BCUT2D eigenvalue weighted by Gasteiger charge is -2.20. The van der Waals surface area contributed by atoms with Gasteiger partial charge in [0.15, 0.2) is 0 Å². The summed E-state index contributed by atoms with van der Waals surface area (Å²) < 4.78 is 4.85. The quantitative estimate of drug-likeness (QED) is 0.943. The average molecular weight is 297 g/mol. The van der Waals surface area contributed by atoms with Crippen molar-refractivity contribution in [3.8, 4) is 0 Å². The summed E-state index contributed by atoms with van der Waals surface area (Å²) in [6.07, 6.45) is 7.33. The van der Waals surface area contributed by atoms with E-state index in [0.29, 0.717) is 6.54 Å². The fraction of sp³-hybridized carbons (Fsp3) is 0.294. The molecule has 0 aliphatic heterocycles. The number of fused-ring (bicyclic) bond motifs is 1. The molecule has 0 atom stereocenters. The first-order valence-electron chi connectivity index (χ1n) is 7.41. The highest BCUT2D eigenvalue weighted by Gasteiger charge is 2.20. The molecule has 0 saturated carbocycles. The van der Waals surface area contributed by atoms with Gasteiger partial charge in [-0.2, -0.15) is 0 Å². The summed E-state index contributed by atoms with van der Waals surface area (Å²) in [4.78, 5) is 20.7. The van der Waals surface area contributed by atoms with Crippen LogP contribution in [0.15, 0.2) is 30.7 Å². The van der Waals surface area contributed by atoms with Gasteiger partial charge in [-0.3, -0.25) is 4.90 Å². The van der Waals surface area contributed by atoms with Gasteiger partial charge in [0.2, 0.25) is 0 Å². The van der Waals surface area contributed by atoms with Gasteiger partial charge < -0.3 is 9.72 Å². The predicted octanol–water partition coefficient (Wildman–Crippen LogP) is 3.49. The molecule has 0 radical (unpaired) electrons. The molecule has 5 nitrogen and oxygen atoms in total. The summed E-state index contributed by atoms with van der Waals surface area (Å²) in [7, 11) is 1.40. The summed E-state index contributed by atoms with van der Waals surface area (Å²) in [5, 5.41) is 0.